The molecule has 29 heavy (non-hydrogen) atoms. The van der Waals surface area contributed by atoms with E-state index in [0.717, 1.165) is 4.88 Å². The van der Waals surface area contributed by atoms with Crippen LogP contribution in [0.15, 0.2) is 52.4 Å². The first-order valence-corrected chi connectivity index (χ1v) is 11.6. The first-order chi connectivity index (χ1) is 14.0. The highest BCUT2D eigenvalue weighted by atomic mass is 32.2. The number of nitrogens with zero attached hydrogens (tertiary/aromatic N) is 3. The summed E-state index contributed by atoms with van der Waals surface area (Å²) in [6.07, 6.45) is 4.96. The number of hydrogen-bond acceptors (Lipinski definition) is 8. The van der Waals surface area contributed by atoms with Crippen molar-refractivity contribution in [3.8, 4) is 0 Å². The number of thioether (sulfide) groups is 2. The molecule has 1 saturated heterocycles. The molecule has 0 radical (unpaired) electrons. The number of nitrogens with one attached hydrogen (secondary N) is 1. The number of aromatic nitrogens is 2. The molecule has 0 aromatic carbocycles. The lowest BCUT2D eigenvalue weighted by Crippen LogP contribution is -2.70. The lowest BCUT2D eigenvalue weighted by atomic mass is 10.0. The summed E-state index contributed by atoms with van der Waals surface area (Å²) in [6, 6.07) is 3.03. The molecule has 2 amide bonds. The van der Waals surface area contributed by atoms with Gasteiger partial charge in [0, 0.05) is 28.8 Å². The van der Waals surface area contributed by atoms with E-state index in [1.54, 1.807) is 18.6 Å². The van der Waals surface area contributed by atoms with Crippen LogP contribution < -0.4 is 5.32 Å². The number of carbonyl (C=O) groups is 3. The molecule has 2 aromatic rings. The van der Waals surface area contributed by atoms with E-state index in [4.69, 9.17) is 0 Å². The molecule has 11 heteroatoms. The minimum absolute atomic E-state index is 0.0129. The van der Waals surface area contributed by atoms with Crippen LogP contribution in [-0.2, 0) is 20.8 Å². The predicted octanol–water partition coefficient (Wildman–Crippen LogP) is 1.61. The van der Waals surface area contributed by atoms with E-state index in [2.05, 4.69) is 15.3 Å². The Bertz CT molecular complexity index is 965. The molecule has 2 atom stereocenters. The number of rotatable bonds is 7. The summed E-state index contributed by atoms with van der Waals surface area (Å²) in [6.45, 7) is 0. The number of thiophene rings is 1. The van der Waals surface area contributed by atoms with Gasteiger partial charge in [0.25, 0.3) is 5.91 Å². The zero-order valence-corrected chi connectivity index (χ0v) is 17.4. The van der Waals surface area contributed by atoms with E-state index in [1.165, 1.54) is 39.8 Å². The Kier molecular flexibility index (Phi) is 5.88. The molecule has 2 aliphatic rings. The standard InChI is InChI=1S/C18H16N4O4S3/c23-12(6-11-2-1-5-27-11)21-14-16(24)22-15(18(25)26)10(9-29-17(14)22)8-28-13-7-19-3-4-20-13/h1-5,7,14,17H,6,8-9H2,(H,21,23)(H,25,26)/t14?,17-/m1/s1. The van der Waals surface area contributed by atoms with Crippen LogP contribution in [0.2, 0.25) is 0 Å². The van der Waals surface area contributed by atoms with Crippen molar-refractivity contribution < 1.29 is 19.5 Å². The van der Waals surface area contributed by atoms with Crippen LogP contribution >= 0.6 is 34.9 Å². The van der Waals surface area contributed by atoms with E-state index in [1.807, 2.05) is 17.5 Å². The second kappa shape index (κ2) is 8.56. The van der Waals surface area contributed by atoms with Crippen LogP contribution in [0.25, 0.3) is 0 Å². The van der Waals surface area contributed by atoms with Crippen molar-refractivity contribution in [2.75, 3.05) is 11.5 Å². The highest BCUT2D eigenvalue weighted by Crippen LogP contribution is 2.41. The molecule has 1 unspecified atom stereocenters. The van der Waals surface area contributed by atoms with Gasteiger partial charge in [0.1, 0.15) is 22.1 Å². The number of aliphatic carboxylic acids is 1. The minimum atomic E-state index is -1.14. The van der Waals surface area contributed by atoms with Crippen molar-refractivity contribution in [2.24, 2.45) is 0 Å². The Morgan fingerprint density at radius 2 is 2.24 bits per heavy atom. The van der Waals surface area contributed by atoms with Crippen molar-refractivity contribution in [1.82, 2.24) is 20.2 Å². The lowest BCUT2D eigenvalue weighted by molar-refractivity contribution is -0.150. The van der Waals surface area contributed by atoms with Crippen LogP contribution in [0, 0.1) is 0 Å². The second-order valence-corrected chi connectivity index (χ2v) is 9.43. The summed E-state index contributed by atoms with van der Waals surface area (Å²) in [5.74, 6) is -0.890. The average molecular weight is 449 g/mol. The largest absolute Gasteiger partial charge is 0.477 e. The number of carbonyl (C=O) groups excluding carboxylic acids is 2. The maximum absolute atomic E-state index is 12.6. The molecule has 0 bridgehead atoms. The van der Waals surface area contributed by atoms with Crippen LogP contribution in [-0.4, -0.2) is 60.7 Å². The Hall–Kier alpha value is -2.37. The van der Waals surface area contributed by atoms with Crippen molar-refractivity contribution in [3.63, 3.8) is 0 Å². The molecule has 2 aliphatic heterocycles. The van der Waals surface area contributed by atoms with Gasteiger partial charge in [-0.05, 0) is 17.0 Å². The highest BCUT2D eigenvalue weighted by molar-refractivity contribution is 8.01. The molecule has 150 valence electrons. The molecule has 4 rings (SSSR count). The van der Waals surface area contributed by atoms with E-state index in [9.17, 15) is 19.5 Å². The third-order valence-electron chi connectivity index (χ3n) is 4.41. The van der Waals surface area contributed by atoms with Crippen LogP contribution in [0.3, 0.4) is 0 Å². The summed E-state index contributed by atoms with van der Waals surface area (Å²) >= 11 is 4.31. The SMILES string of the molecule is O=C(Cc1cccs1)NC1C(=O)N2C(C(=O)O)=C(CSc3cnccn3)CS[C@H]12. The molecule has 4 heterocycles. The van der Waals surface area contributed by atoms with Gasteiger partial charge >= 0.3 is 5.97 Å². The van der Waals surface area contributed by atoms with Crippen LogP contribution in [0.1, 0.15) is 4.88 Å². The zero-order valence-electron chi connectivity index (χ0n) is 15.0. The Morgan fingerprint density at radius 3 is 2.93 bits per heavy atom. The van der Waals surface area contributed by atoms with E-state index >= 15 is 0 Å². The third-order valence-corrected chi connectivity index (χ3v) is 7.63. The van der Waals surface area contributed by atoms with Gasteiger partial charge in [-0.15, -0.1) is 34.9 Å². The fourth-order valence-electron chi connectivity index (χ4n) is 3.11. The van der Waals surface area contributed by atoms with E-state index < -0.39 is 17.4 Å². The summed E-state index contributed by atoms with van der Waals surface area (Å²) < 4.78 is 0. The monoisotopic (exact) mass is 448 g/mol. The molecule has 2 aromatic heterocycles. The van der Waals surface area contributed by atoms with Crippen molar-refractivity contribution >= 4 is 52.6 Å². The zero-order chi connectivity index (χ0) is 20.4. The molecular formula is C18H16N4O4S3. The molecule has 8 nitrogen and oxygen atoms in total. The molecule has 0 aliphatic carbocycles. The first-order valence-electron chi connectivity index (χ1n) is 8.65. The van der Waals surface area contributed by atoms with Gasteiger partial charge in [0.05, 0.1) is 12.6 Å². The third kappa shape index (κ3) is 4.16. The first kappa shape index (κ1) is 19.9. The molecule has 0 spiro atoms. The lowest BCUT2D eigenvalue weighted by Gasteiger charge is -2.49. The smallest absolute Gasteiger partial charge is 0.352 e. The summed E-state index contributed by atoms with van der Waals surface area (Å²) in [5.41, 5.74) is 0.671. The average Bonchev–Trinajstić information content (AvgIpc) is 3.23. The van der Waals surface area contributed by atoms with Gasteiger partial charge in [-0.2, -0.15) is 0 Å². The summed E-state index contributed by atoms with van der Waals surface area (Å²) in [4.78, 5) is 47.1. The minimum Gasteiger partial charge on any atom is -0.477 e. The number of amides is 2. The van der Waals surface area contributed by atoms with Crippen LogP contribution in [0.4, 0.5) is 0 Å². The highest BCUT2D eigenvalue weighted by Gasteiger charge is 2.54. The fourth-order valence-corrected chi connectivity index (χ4v) is 6.12. The van der Waals surface area contributed by atoms with Gasteiger partial charge in [0.15, 0.2) is 0 Å². The van der Waals surface area contributed by atoms with Crippen LogP contribution in [0.5, 0.6) is 0 Å². The van der Waals surface area contributed by atoms with E-state index in [-0.39, 0.29) is 23.9 Å². The number of fused-ring (bicyclic) bond motifs is 1. The summed E-state index contributed by atoms with van der Waals surface area (Å²) in [7, 11) is 0. The molecule has 2 N–H and O–H groups in total. The number of carboxylic acid groups (broad SMARTS) is 1. The Morgan fingerprint density at radius 1 is 1.38 bits per heavy atom. The predicted molar refractivity (Wildman–Crippen MR) is 110 cm³/mol. The molecule has 0 saturated carbocycles. The van der Waals surface area contributed by atoms with Gasteiger partial charge < -0.3 is 10.4 Å². The second-order valence-electron chi connectivity index (χ2n) is 6.30. The van der Waals surface area contributed by atoms with Gasteiger partial charge in [-0.3, -0.25) is 19.5 Å². The quantitative estimate of drug-likeness (QED) is 0.485. The van der Waals surface area contributed by atoms with Crippen molar-refractivity contribution in [2.45, 2.75) is 22.9 Å². The summed E-state index contributed by atoms with van der Waals surface area (Å²) in [5, 5.41) is 14.6. The van der Waals surface area contributed by atoms with Crippen molar-refractivity contribution in [1.29, 1.82) is 0 Å². The van der Waals surface area contributed by atoms with Crippen molar-refractivity contribution in [3.05, 3.63) is 52.3 Å². The maximum Gasteiger partial charge on any atom is 0.352 e. The van der Waals surface area contributed by atoms with Gasteiger partial charge in [0.2, 0.25) is 5.91 Å². The van der Waals surface area contributed by atoms with Gasteiger partial charge in [-0.1, -0.05) is 6.07 Å². The normalized spacial score (nSPS) is 20.8. The maximum atomic E-state index is 12.6. The Labute approximate surface area is 178 Å². The Balaban J connectivity index is 1.44. The molecule has 1 fully saturated rings. The van der Waals surface area contributed by atoms with E-state index in [0.29, 0.717) is 22.1 Å². The number of β-lactam (4-membered cyclic amide) rings is 1. The fraction of sp³-hybridized carbons (Fsp3) is 0.278. The van der Waals surface area contributed by atoms with Gasteiger partial charge in [-0.25, -0.2) is 9.78 Å². The molecular weight excluding hydrogens is 432 g/mol. The number of hydrogen-bond donors (Lipinski definition) is 2. The topological polar surface area (TPSA) is 112 Å². The number of carboxylic acids is 1.